The van der Waals surface area contributed by atoms with E-state index >= 15 is 0 Å². The summed E-state index contributed by atoms with van der Waals surface area (Å²) in [6.07, 6.45) is 3.82. The average Bonchev–Trinajstić information content (AvgIpc) is 2.70. The number of benzene rings is 2. The molecule has 2 rings (SSSR count). The van der Waals surface area contributed by atoms with Gasteiger partial charge < -0.3 is 19.5 Å². The molecule has 0 heterocycles. The molecule has 5 heteroatoms. The molecule has 2 aromatic rings. The third-order valence-corrected chi connectivity index (χ3v) is 4.22. The molecule has 0 unspecified atom stereocenters. The van der Waals surface area contributed by atoms with E-state index in [0.717, 1.165) is 42.9 Å². The molecule has 0 saturated carbocycles. The van der Waals surface area contributed by atoms with Gasteiger partial charge in [-0.3, -0.25) is 4.79 Å². The second kappa shape index (κ2) is 11.1. The third kappa shape index (κ3) is 6.85. The minimum absolute atomic E-state index is 0.0507. The predicted octanol–water partition coefficient (Wildman–Crippen LogP) is 3.78. The molecular formula is C22H29NO4. The first-order chi connectivity index (χ1) is 13.2. The van der Waals surface area contributed by atoms with Gasteiger partial charge in [-0.25, -0.2) is 0 Å². The van der Waals surface area contributed by atoms with Gasteiger partial charge in [0.15, 0.2) is 18.1 Å². The minimum Gasteiger partial charge on any atom is -0.493 e. The van der Waals surface area contributed by atoms with Crippen LogP contribution >= 0.6 is 0 Å². The second-order valence-corrected chi connectivity index (χ2v) is 6.33. The second-order valence-electron chi connectivity index (χ2n) is 6.33. The Morgan fingerprint density at radius 2 is 1.70 bits per heavy atom. The molecule has 146 valence electrons. The van der Waals surface area contributed by atoms with Gasteiger partial charge >= 0.3 is 0 Å². The normalized spacial score (nSPS) is 10.3. The van der Waals surface area contributed by atoms with Gasteiger partial charge in [0, 0.05) is 6.54 Å². The lowest BCUT2D eigenvalue weighted by atomic mass is 10.0. The summed E-state index contributed by atoms with van der Waals surface area (Å²) in [5, 5.41) is 2.80. The first kappa shape index (κ1) is 20.6. The van der Waals surface area contributed by atoms with Crippen LogP contribution in [0.15, 0.2) is 42.5 Å². The van der Waals surface area contributed by atoms with E-state index in [9.17, 15) is 4.79 Å². The lowest BCUT2D eigenvalue weighted by molar-refractivity contribution is -0.123. The lowest BCUT2D eigenvalue weighted by Crippen LogP contribution is -2.29. The van der Waals surface area contributed by atoms with Gasteiger partial charge in [-0.05, 0) is 61.1 Å². The fraction of sp³-hybridized carbons (Fsp3) is 0.409. The van der Waals surface area contributed by atoms with Crippen LogP contribution in [0.2, 0.25) is 0 Å². The molecule has 0 aliphatic heterocycles. The van der Waals surface area contributed by atoms with E-state index in [0.29, 0.717) is 6.54 Å². The van der Waals surface area contributed by atoms with Crippen molar-refractivity contribution in [3.8, 4) is 17.2 Å². The molecular weight excluding hydrogens is 342 g/mol. The quantitative estimate of drug-likeness (QED) is 0.653. The highest BCUT2D eigenvalue weighted by Crippen LogP contribution is 2.28. The standard InChI is InChI=1S/C22H29NO4/c1-4-13-23-22(24)16-27-19-10-6-9-17(14-19)7-5-8-18-11-12-20(25-2)21(15-18)26-3/h6,9-12,14-15H,4-5,7-8,13,16H2,1-3H3,(H,23,24). The molecule has 0 radical (unpaired) electrons. The van der Waals surface area contributed by atoms with Crippen molar-refractivity contribution in [2.24, 2.45) is 0 Å². The van der Waals surface area contributed by atoms with Crippen LogP contribution < -0.4 is 19.5 Å². The van der Waals surface area contributed by atoms with Gasteiger partial charge in [0.05, 0.1) is 14.2 Å². The van der Waals surface area contributed by atoms with Gasteiger partial charge in [0.1, 0.15) is 5.75 Å². The maximum Gasteiger partial charge on any atom is 0.257 e. The van der Waals surface area contributed by atoms with Crippen LogP contribution in [0.1, 0.15) is 30.9 Å². The minimum atomic E-state index is -0.0873. The van der Waals surface area contributed by atoms with Crippen molar-refractivity contribution in [3.63, 3.8) is 0 Å². The summed E-state index contributed by atoms with van der Waals surface area (Å²) in [5.74, 6) is 2.14. The molecule has 2 aromatic carbocycles. The van der Waals surface area contributed by atoms with E-state index in [1.54, 1.807) is 14.2 Å². The summed E-state index contributed by atoms with van der Waals surface area (Å²) in [7, 11) is 3.29. The maximum atomic E-state index is 11.6. The van der Waals surface area contributed by atoms with Crippen molar-refractivity contribution in [2.75, 3.05) is 27.4 Å². The van der Waals surface area contributed by atoms with Gasteiger partial charge in [-0.2, -0.15) is 0 Å². The fourth-order valence-electron chi connectivity index (χ4n) is 2.79. The molecule has 5 nitrogen and oxygen atoms in total. The zero-order valence-corrected chi connectivity index (χ0v) is 16.4. The molecule has 0 aliphatic carbocycles. The van der Waals surface area contributed by atoms with Crippen molar-refractivity contribution in [2.45, 2.75) is 32.6 Å². The Hall–Kier alpha value is -2.69. The number of nitrogens with one attached hydrogen (secondary N) is 1. The SMILES string of the molecule is CCCNC(=O)COc1cccc(CCCc2ccc(OC)c(OC)c2)c1. The number of rotatable bonds is 11. The van der Waals surface area contributed by atoms with Crippen molar-refractivity contribution in [1.29, 1.82) is 0 Å². The molecule has 0 saturated heterocycles. The molecule has 0 aromatic heterocycles. The van der Waals surface area contributed by atoms with Crippen LogP contribution in [0.25, 0.3) is 0 Å². The van der Waals surface area contributed by atoms with E-state index < -0.39 is 0 Å². The molecule has 27 heavy (non-hydrogen) atoms. The van der Waals surface area contributed by atoms with Gasteiger partial charge in [0.2, 0.25) is 0 Å². The Labute approximate surface area is 161 Å². The van der Waals surface area contributed by atoms with Gasteiger partial charge in [0.25, 0.3) is 5.91 Å². The number of amides is 1. The third-order valence-electron chi connectivity index (χ3n) is 4.22. The number of aryl methyl sites for hydroxylation is 2. The van der Waals surface area contributed by atoms with E-state index in [4.69, 9.17) is 14.2 Å². The highest BCUT2D eigenvalue weighted by molar-refractivity contribution is 5.77. The number of carbonyl (C=O) groups excluding carboxylic acids is 1. The molecule has 0 spiro atoms. The van der Waals surface area contributed by atoms with Crippen LogP contribution in [0.3, 0.4) is 0 Å². The number of methoxy groups -OCH3 is 2. The number of carbonyl (C=O) groups is 1. The summed E-state index contributed by atoms with van der Waals surface area (Å²) in [6, 6.07) is 13.9. The molecule has 1 N–H and O–H groups in total. The van der Waals surface area contributed by atoms with Crippen LogP contribution in [0.4, 0.5) is 0 Å². The largest absolute Gasteiger partial charge is 0.493 e. The number of hydrogen-bond acceptors (Lipinski definition) is 4. The first-order valence-electron chi connectivity index (χ1n) is 9.35. The Balaban J connectivity index is 1.83. The Bertz CT molecular complexity index is 730. The van der Waals surface area contributed by atoms with Crippen LogP contribution in [-0.4, -0.2) is 33.3 Å². The summed E-state index contributed by atoms with van der Waals surface area (Å²) < 4.78 is 16.2. The number of hydrogen-bond donors (Lipinski definition) is 1. The Morgan fingerprint density at radius 3 is 2.41 bits per heavy atom. The van der Waals surface area contributed by atoms with E-state index in [-0.39, 0.29) is 12.5 Å². The average molecular weight is 371 g/mol. The summed E-state index contributed by atoms with van der Waals surface area (Å²) in [4.78, 5) is 11.6. The number of ether oxygens (including phenoxy) is 3. The molecule has 0 atom stereocenters. The van der Waals surface area contributed by atoms with Crippen molar-refractivity contribution < 1.29 is 19.0 Å². The van der Waals surface area contributed by atoms with Crippen molar-refractivity contribution in [1.82, 2.24) is 5.32 Å². The molecule has 0 aliphatic rings. The Morgan fingerprint density at radius 1 is 0.963 bits per heavy atom. The van der Waals surface area contributed by atoms with E-state index in [1.165, 1.54) is 11.1 Å². The summed E-state index contributed by atoms with van der Waals surface area (Å²) in [5.41, 5.74) is 2.41. The smallest absolute Gasteiger partial charge is 0.257 e. The molecule has 0 fully saturated rings. The topological polar surface area (TPSA) is 56.8 Å². The van der Waals surface area contributed by atoms with Crippen LogP contribution in [0, 0.1) is 0 Å². The van der Waals surface area contributed by atoms with E-state index in [2.05, 4.69) is 17.4 Å². The molecule has 0 bridgehead atoms. The van der Waals surface area contributed by atoms with Crippen LogP contribution in [0.5, 0.6) is 17.2 Å². The van der Waals surface area contributed by atoms with Gasteiger partial charge in [-0.1, -0.05) is 25.1 Å². The zero-order chi connectivity index (χ0) is 19.5. The highest BCUT2D eigenvalue weighted by Gasteiger charge is 2.06. The van der Waals surface area contributed by atoms with Gasteiger partial charge in [-0.15, -0.1) is 0 Å². The molecule has 1 amide bonds. The fourth-order valence-corrected chi connectivity index (χ4v) is 2.79. The van der Waals surface area contributed by atoms with Crippen molar-refractivity contribution >= 4 is 5.91 Å². The first-order valence-corrected chi connectivity index (χ1v) is 9.35. The predicted molar refractivity (Wildman–Crippen MR) is 107 cm³/mol. The summed E-state index contributed by atoms with van der Waals surface area (Å²) in [6.45, 7) is 2.75. The highest BCUT2D eigenvalue weighted by atomic mass is 16.5. The zero-order valence-electron chi connectivity index (χ0n) is 16.4. The van der Waals surface area contributed by atoms with E-state index in [1.807, 2.05) is 37.3 Å². The Kier molecular flexibility index (Phi) is 8.49. The summed E-state index contributed by atoms with van der Waals surface area (Å²) >= 11 is 0. The monoisotopic (exact) mass is 371 g/mol. The van der Waals surface area contributed by atoms with Crippen molar-refractivity contribution in [3.05, 3.63) is 53.6 Å². The maximum absolute atomic E-state index is 11.6. The van der Waals surface area contributed by atoms with Crippen LogP contribution in [-0.2, 0) is 17.6 Å². The lowest BCUT2D eigenvalue weighted by Gasteiger charge is -2.10.